The highest BCUT2D eigenvalue weighted by Gasteiger charge is 2.22. The average Bonchev–Trinajstić information content (AvgIpc) is 2.70. The molecule has 2 amide bonds. The Morgan fingerprint density at radius 1 is 0.963 bits per heavy atom. The minimum absolute atomic E-state index is 0.108. The molecule has 1 N–H and O–H groups in total. The Labute approximate surface area is 160 Å². The summed E-state index contributed by atoms with van der Waals surface area (Å²) in [6.07, 6.45) is 0.973. The monoisotopic (exact) mass is 370 g/mol. The number of rotatable bonds is 10. The molecule has 0 fully saturated rings. The van der Waals surface area contributed by atoms with Crippen LogP contribution in [0.15, 0.2) is 60.7 Å². The number of hydroxylamine groups is 1. The lowest BCUT2D eigenvalue weighted by Crippen LogP contribution is -2.40. The van der Waals surface area contributed by atoms with Gasteiger partial charge in [0.05, 0.1) is 0 Å². The van der Waals surface area contributed by atoms with Crippen LogP contribution in [-0.4, -0.2) is 30.2 Å². The molecule has 2 aromatic rings. The number of hydrogen-bond donors (Lipinski definition) is 1. The molecule has 0 unspecified atom stereocenters. The van der Waals surface area contributed by atoms with E-state index in [0.717, 1.165) is 16.9 Å². The molecular formula is C21H26N2O4. The second-order valence-electron chi connectivity index (χ2n) is 6.02. The predicted octanol–water partition coefficient (Wildman–Crippen LogP) is 3.67. The van der Waals surface area contributed by atoms with Crippen molar-refractivity contribution >= 4 is 12.0 Å². The molecular weight excluding hydrogens is 344 g/mol. The number of nitrogens with one attached hydrogen (secondary N) is 1. The first-order valence-corrected chi connectivity index (χ1v) is 9.10. The maximum Gasteiger partial charge on any atom is 0.418 e. The van der Waals surface area contributed by atoms with Crippen molar-refractivity contribution < 1.29 is 19.2 Å². The average molecular weight is 370 g/mol. The van der Waals surface area contributed by atoms with E-state index in [1.807, 2.05) is 67.6 Å². The van der Waals surface area contributed by atoms with Gasteiger partial charge in [0.1, 0.15) is 6.61 Å². The minimum atomic E-state index is -0.706. The van der Waals surface area contributed by atoms with Gasteiger partial charge in [0.15, 0.2) is 6.73 Å². The number of benzene rings is 2. The van der Waals surface area contributed by atoms with Crippen LogP contribution in [0.5, 0.6) is 0 Å². The van der Waals surface area contributed by atoms with Crippen molar-refractivity contribution in [2.75, 3.05) is 13.3 Å². The number of ether oxygens (including phenoxy) is 1. The maximum absolute atomic E-state index is 12.3. The van der Waals surface area contributed by atoms with Crippen LogP contribution in [0.4, 0.5) is 4.79 Å². The van der Waals surface area contributed by atoms with Crippen LogP contribution in [0.3, 0.4) is 0 Å². The lowest BCUT2D eigenvalue weighted by atomic mass is 10.2. The summed E-state index contributed by atoms with van der Waals surface area (Å²) >= 11 is 0. The Morgan fingerprint density at radius 2 is 1.59 bits per heavy atom. The molecule has 6 heteroatoms. The van der Waals surface area contributed by atoms with Crippen LogP contribution in [0, 0.1) is 0 Å². The van der Waals surface area contributed by atoms with Gasteiger partial charge in [-0.2, -0.15) is 0 Å². The highest BCUT2D eigenvalue weighted by atomic mass is 16.7. The van der Waals surface area contributed by atoms with Crippen molar-refractivity contribution in [1.82, 2.24) is 10.4 Å². The van der Waals surface area contributed by atoms with Gasteiger partial charge < -0.3 is 4.74 Å². The normalized spacial score (nSPS) is 10.4. The fourth-order valence-electron chi connectivity index (χ4n) is 2.39. The molecule has 0 aliphatic carbocycles. The molecule has 0 saturated heterocycles. The van der Waals surface area contributed by atoms with E-state index >= 15 is 0 Å². The molecule has 0 bridgehead atoms. The van der Waals surface area contributed by atoms with Gasteiger partial charge in [-0.15, -0.1) is 0 Å². The quantitative estimate of drug-likeness (QED) is 0.393. The van der Waals surface area contributed by atoms with Crippen LogP contribution >= 0.6 is 0 Å². The number of hydrogen-bond acceptors (Lipinski definition) is 5. The summed E-state index contributed by atoms with van der Waals surface area (Å²) in [5.74, 6) is -0.319. The van der Waals surface area contributed by atoms with E-state index in [2.05, 4.69) is 5.48 Å². The maximum atomic E-state index is 12.3. The first kappa shape index (κ1) is 20.6. The molecule has 0 spiro atoms. The molecule has 0 aliphatic heterocycles. The van der Waals surface area contributed by atoms with Crippen molar-refractivity contribution in [2.45, 2.75) is 32.8 Å². The van der Waals surface area contributed by atoms with Crippen LogP contribution < -0.4 is 5.48 Å². The zero-order chi connectivity index (χ0) is 19.3. The van der Waals surface area contributed by atoms with Gasteiger partial charge in [-0.25, -0.2) is 15.2 Å². The Hall–Kier alpha value is -2.70. The minimum Gasteiger partial charge on any atom is -0.444 e. The van der Waals surface area contributed by atoms with E-state index in [1.165, 1.54) is 5.56 Å². The largest absolute Gasteiger partial charge is 0.444 e. The topological polar surface area (TPSA) is 67.9 Å². The molecule has 0 saturated carbocycles. The molecule has 2 aromatic carbocycles. The van der Waals surface area contributed by atoms with E-state index in [9.17, 15) is 9.59 Å². The third-order valence-corrected chi connectivity index (χ3v) is 3.84. The zero-order valence-corrected chi connectivity index (χ0v) is 15.6. The summed E-state index contributed by atoms with van der Waals surface area (Å²) < 4.78 is 5.24. The SMILES string of the molecule is CCCC(=O)N(CONCCc1ccccc1)C(=O)OCc1ccccc1. The van der Waals surface area contributed by atoms with Crippen molar-refractivity contribution in [3.8, 4) is 0 Å². The molecule has 27 heavy (non-hydrogen) atoms. The van der Waals surface area contributed by atoms with E-state index in [0.29, 0.717) is 13.0 Å². The lowest BCUT2D eigenvalue weighted by Gasteiger charge is -2.20. The number of nitrogens with zero attached hydrogens (tertiary/aromatic N) is 1. The smallest absolute Gasteiger partial charge is 0.418 e. The molecule has 2 rings (SSSR count). The Bertz CT molecular complexity index is 692. The third-order valence-electron chi connectivity index (χ3n) is 3.84. The van der Waals surface area contributed by atoms with Crippen LogP contribution in [0.2, 0.25) is 0 Å². The first-order valence-electron chi connectivity index (χ1n) is 9.10. The highest BCUT2D eigenvalue weighted by Crippen LogP contribution is 2.06. The third kappa shape index (κ3) is 7.60. The van der Waals surface area contributed by atoms with Crippen molar-refractivity contribution in [2.24, 2.45) is 0 Å². The van der Waals surface area contributed by atoms with Gasteiger partial charge in [0.2, 0.25) is 5.91 Å². The molecule has 0 atom stereocenters. The second-order valence-corrected chi connectivity index (χ2v) is 6.02. The Kier molecular flexibility index (Phi) is 9.03. The van der Waals surface area contributed by atoms with E-state index in [1.54, 1.807) is 0 Å². The molecule has 0 heterocycles. The number of imide groups is 1. The summed E-state index contributed by atoms with van der Waals surface area (Å²) in [7, 11) is 0. The number of carbonyl (C=O) groups excluding carboxylic acids is 2. The molecule has 6 nitrogen and oxygen atoms in total. The lowest BCUT2D eigenvalue weighted by molar-refractivity contribution is -0.137. The molecule has 0 aromatic heterocycles. The van der Waals surface area contributed by atoms with Crippen molar-refractivity contribution in [1.29, 1.82) is 0 Å². The van der Waals surface area contributed by atoms with Gasteiger partial charge in [0, 0.05) is 13.0 Å². The van der Waals surface area contributed by atoms with Gasteiger partial charge in [0.25, 0.3) is 0 Å². The first-order chi connectivity index (χ1) is 13.2. The van der Waals surface area contributed by atoms with E-state index in [-0.39, 0.29) is 25.7 Å². The molecule has 144 valence electrons. The predicted molar refractivity (Wildman–Crippen MR) is 102 cm³/mol. The molecule has 0 aliphatic rings. The van der Waals surface area contributed by atoms with Crippen LogP contribution in [-0.2, 0) is 27.4 Å². The van der Waals surface area contributed by atoms with Gasteiger partial charge in [-0.1, -0.05) is 67.6 Å². The summed E-state index contributed by atoms with van der Waals surface area (Å²) in [6, 6.07) is 19.3. The fourth-order valence-corrected chi connectivity index (χ4v) is 2.39. The molecule has 0 radical (unpaired) electrons. The van der Waals surface area contributed by atoms with Gasteiger partial charge >= 0.3 is 6.09 Å². The number of carbonyl (C=O) groups is 2. The van der Waals surface area contributed by atoms with Crippen molar-refractivity contribution in [3.63, 3.8) is 0 Å². The summed E-state index contributed by atoms with van der Waals surface area (Å²) in [5.41, 5.74) is 4.82. The van der Waals surface area contributed by atoms with Gasteiger partial charge in [-0.05, 0) is 24.0 Å². The van der Waals surface area contributed by atoms with Crippen molar-refractivity contribution in [3.05, 3.63) is 71.8 Å². The highest BCUT2D eigenvalue weighted by molar-refractivity contribution is 5.91. The summed E-state index contributed by atoms with van der Waals surface area (Å²) in [4.78, 5) is 30.8. The summed E-state index contributed by atoms with van der Waals surface area (Å²) in [5, 5.41) is 0. The van der Waals surface area contributed by atoms with Gasteiger partial charge in [-0.3, -0.25) is 9.63 Å². The Morgan fingerprint density at radius 3 is 2.22 bits per heavy atom. The van der Waals surface area contributed by atoms with E-state index < -0.39 is 6.09 Å². The standard InChI is InChI=1S/C21H26N2O4/c1-2-9-20(24)23(21(25)26-16-19-12-7-4-8-13-19)17-27-22-15-14-18-10-5-3-6-11-18/h3-8,10-13,22H,2,9,14-17H2,1H3. The van der Waals surface area contributed by atoms with Crippen LogP contribution in [0.1, 0.15) is 30.9 Å². The van der Waals surface area contributed by atoms with E-state index in [4.69, 9.17) is 9.57 Å². The number of amides is 2. The second kappa shape index (κ2) is 11.8. The zero-order valence-electron chi connectivity index (χ0n) is 15.6. The Balaban J connectivity index is 1.78. The van der Waals surface area contributed by atoms with Crippen LogP contribution in [0.25, 0.3) is 0 Å². The fraction of sp³-hybridized carbons (Fsp3) is 0.333. The summed E-state index contributed by atoms with van der Waals surface area (Å²) in [6.45, 7) is 2.36.